The summed E-state index contributed by atoms with van der Waals surface area (Å²) in [5.41, 5.74) is 2.48. The number of benzene rings is 1. The van der Waals surface area contributed by atoms with E-state index in [4.69, 9.17) is 24.0 Å². The third-order valence-corrected chi connectivity index (χ3v) is 4.32. The summed E-state index contributed by atoms with van der Waals surface area (Å²) in [6.07, 6.45) is 6.14. The van der Waals surface area contributed by atoms with E-state index in [2.05, 4.69) is 31.9 Å². The van der Waals surface area contributed by atoms with Gasteiger partial charge in [0.25, 0.3) is 0 Å². The van der Waals surface area contributed by atoms with Crippen molar-refractivity contribution in [1.82, 2.24) is 5.32 Å². The van der Waals surface area contributed by atoms with E-state index in [-0.39, 0.29) is 60.8 Å². The van der Waals surface area contributed by atoms with Gasteiger partial charge in [0, 0.05) is 7.05 Å². The second-order valence-electron chi connectivity index (χ2n) is 7.78. The van der Waals surface area contributed by atoms with Crippen LogP contribution in [0.1, 0.15) is 46.6 Å². The number of carbonyl (C=O) groups excluding carboxylic acids is 6. The Kier molecular flexibility index (Phi) is 36.0. The van der Waals surface area contributed by atoms with E-state index in [0.29, 0.717) is 18.5 Å². The first-order chi connectivity index (χ1) is 20.3. The molecule has 15 nitrogen and oxygen atoms in total. The number of aliphatic imine (C=N–C) groups is 4. The summed E-state index contributed by atoms with van der Waals surface area (Å²) in [6, 6.07) is 6.43. The van der Waals surface area contributed by atoms with Crippen LogP contribution < -0.4 is 5.32 Å². The summed E-state index contributed by atoms with van der Waals surface area (Å²) in [6.45, 7) is 7.77. The van der Waals surface area contributed by atoms with Gasteiger partial charge in [-0.15, -0.1) is 0 Å². The highest BCUT2D eigenvalue weighted by Crippen LogP contribution is 2.15. The van der Waals surface area contributed by atoms with E-state index >= 15 is 0 Å². The quantitative estimate of drug-likeness (QED) is 0.0500. The lowest BCUT2D eigenvalue weighted by molar-refractivity contribution is -0.290. The molecule has 0 bridgehead atoms. The first-order valence-corrected chi connectivity index (χ1v) is 12.4. The van der Waals surface area contributed by atoms with Crippen LogP contribution in [0, 0.1) is 6.92 Å². The molecule has 15 heteroatoms. The van der Waals surface area contributed by atoms with Crippen molar-refractivity contribution in [3.05, 3.63) is 42.0 Å². The predicted octanol–water partition coefficient (Wildman–Crippen LogP) is 4.18. The van der Waals surface area contributed by atoms with Gasteiger partial charge in [0.05, 0.1) is 18.8 Å². The number of rotatable bonds is 17. The van der Waals surface area contributed by atoms with E-state index < -0.39 is 18.1 Å². The lowest BCUT2D eigenvalue weighted by Crippen LogP contribution is -2.31. The van der Waals surface area contributed by atoms with Crippen LogP contribution in [-0.2, 0) is 43.2 Å². The number of para-hydroxylation sites is 1. The molecule has 0 aliphatic carbocycles. The molecule has 1 aromatic carbocycles. The molecule has 44 heavy (non-hydrogen) atoms. The molecule has 0 fully saturated rings. The van der Waals surface area contributed by atoms with E-state index in [1.165, 1.54) is 31.4 Å². The number of nitrogens with zero attached hydrogens (tertiary/aromatic N) is 4. The lowest BCUT2D eigenvalue weighted by Gasteiger charge is -2.11. The normalized spacial score (nSPS) is 9.16. The molecule has 0 heterocycles. The molecule has 0 aliphatic heterocycles. The minimum Gasteiger partial charge on any atom is -0.462 e. The van der Waals surface area contributed by atoms with Crippen molar-refractivity contribution in [3.8, 4) is 0 Å². The fourth-order valence-electron chi connectivity index (χ4n) is 2.43. The predicted molar refractivity (Wildman–Crippen MR) is 162 cm³/mol. The van der Waals surface area contributed by atoms with Crippen LogP contribution in [0.25, 0.3) is 0 Å². The number of hydrogen-bond acceptors (Lipinski definition) is 14. The topological polar surface area (TPSA) is 201 Å². The Morgan fingerprint density at radius 3 is 2.18 bits per heavy atom. The summed E-state index contributed by atoms with van der Waals surface area (Å²) in [4.78, 5) is 85.1. The largest absolute Gasteiger partial charge is 0.462 e. The summed E-state index contributed by atoms with van der Waals surface area (Å²) in [7, 11) is 1.38. The number of esters is 1. The molecule has 1 atom stereocenters. The van der Waals surface area contributed by atoms with Crippen LogP contribution in [0.3, 0.4) is 0 Å². The zero-order chi connectivity index (χ0) is 31.8. The van der Waals surface area contributed by atoms with Crippen molar-refractivity contribution in [2.24, 2.45) is 20.0 Å². The molecule has 0 spiro atoms. The van der Waals surface area contributed by atoms with Crippen molar-refractivity contribution in [1.29, 1.82) is 0 Å². The summed E-state index contributed by atoms with van der Waals surface area (Å²) in [5.74, 6) is -0.708. The van der Waals surface area contributed by atoms with Gasteiger partial charge in [0.1, 0.15) is 26.4 Å². The number of amides is 1. The van der Waals surface area contributed by atoms with Crippen LogP contribution >= 0.6 is 0 Å². The molecule has 1 amide bonds. The number of unbranched alkanes of at least 4 members (excludes halogenated alkanes) is 1. The Morgan fingerprint density at radius 1 is 0.932 bits per heavy atom. The minimum atomic E-state index is -0.985. The molecule has 0 aliphatic rings. The first-order valence-electron chi connectivity index (χ1n) is 12.4. The van der Waals surface area contributed by atoms with E-state index in [0.717, 1.165) is 11.1 Å². The van der Waals surface area contributed by atoms with Crippen LogP contribution in [0.5, 0.6) is 0 Å². The van der Waals surface area contributed by atoms with Crippen LogP contribution in [0.2, 0.25) is 0 Å². The number of alkyl carbamates (subject to hydrolysis) is 1. The van der Waals surface area contributed by atoms with Gasteiger partial charge in [-0.3, -0.25) is 0 Å². The van der Waals surface area contributed by atoms with Crippen molar-refractivity contribution in [2.75, 3.05) is 46.6 Å². The third-order valence-electron chi connectivity index (χ3n) is 4.32. The average Bonchev–Trinajstić information content (AvgIpc) is 2.98. The smallest absolute Gasteiger partial charge is 0.407 e. The summed E-state index contributed by atoms with van der Waals surface area (Å²) < 4.78 is 9.75. The van der Waals surface area contributed by atoms with Gasteiger partial charge in [-0.1, -0.05) is 45.2 Å². The molecule has 0 radical (unpaired) electrons. The highest BCUT2D eigenvalue weighted by atomic mass is 17.2. The maximum Gasteiger partial charge on any atom is 0.407 e. The maximum absolute atomic E-state index is 11.9. The Labute approximate surface area is 258 Å². The van der Waals surface area contributed by atoms with Gasteiger partial charge < -0.3 is 14.8 Å². The fraction of sp³-hybridized carbons (Fsp3) is 0.517. The summed E-state index contributed by atoms with van der Waals surface area (Å²) >= 11 is 0. The molecule has 1 rings (SSSR count). The average molecular weight is 622 g/mol. The third kappa shape index (κ3) is 30.1. The Morgan fingerprint density at radius 2 is 1.61 bits per heavy atom. The standard InChI is InChI=1S/C17H25N3O8.C8H7NO.C2H3NO.2CH4/c1-14(2)11-28-27-10-9-26-17(24)19-7-8-25-16(23)15(20-13-22)5-3-4-6-18-12-21;1-7-4-2-3-5-8(7)9-6-10;1-3-2-4;;/h15H,1,3-11H2,2H3,(H,19,24);2-5H,1H3;1H3;2*1H4. The minimum absolute atomic E-state index is 0. The molecular weight excluding hydrogens is 578 g/mol. The van der Waals surface area contributed by atoms with Crippen molar-refractivity contribution in [3.63, 3.8) is 0 Å². The molecule has 1 N–H and O–H groups in total. The van der Waals surface area contributed by atoms with E-state index in [1.807, 2.05) is 25.1 Å². The summed E-state index contributed by atoms with van der Waals surface area (Å²) in [5, 5.41) is 2.38. The Balaban J connectivity index is -0.000000411. The van der Waals surface area contributed by atoms with Gasteiger partial charge in [-0.05, 0) is 44.7 Å². The number of ether oxygens (including phenoxy) is 2. The van der Waals surface area contributed by atoms with Crippen LogP contribution in [0.4, 0.5) is 10.5 Å². The molecule has 0 saturated carbocycles. The molecule has 1 unspecified atom stereocenters. The van der Waals surface area contributed by atoms with Crippen molar-refractivity contribution >= 4 is 42.1 Å². The van der Waals surface area contributed by atoms with Crippen LogP contribution in [-0.4, -0.2) is 89.0 Å². The lowest BCUT2D eigenvalue weighted by atomic mass is 10.1. The Hall–Kier alpha value is -4.86. The Bertz CT molecular complexity index is 1140. The van der Waals surface area contributed by atoms with Gasteiger partial charge >= 0.3 is 12.1 Å². The molecular formula is C29H43N5O10. The molecule has 244 valence electrons. The van der Waals surface area contributed by atoms with Crippen LogP contribution in [0.15, 0.2) is 56.4 Å². The number of carbonyl (C=O) groups is 2. The van der Waals surface area contributed by atoms with Gasteiger partial charge in [-0.25, -0.2) is 48.5 Å². The van der Waals surface area contributed by atoms with Gasteiger partial charge in [0.15, 0.2) is 6.04 Å². The second kappa shape index (κ2) is 34.3. The van der Waals surface area contributed by atoms with Crippen molar-refractivity contribution < 1.29 is 48.0 Å². The zero-order valence-corrected chi connectivity index (χ0v) is 23.8. The monoisotopic (exact) mass is 621 g/mol. The highest BCUT2D eigenvalue weighted by molar-refractivity contribution is 5.77. The van der Waals surface area contributed by atoms with Crippen molar-refractivity contribution in [2.45, 2.75) is 54.0 Å². The zero-order valence-electron chi connectivity index (χ0n) is 23.8. The number of nitrogens with one attached hydrogen (secondary N) is 1. The second-order valence-corrected chi connectivity index (χ2v) is 7.78. The first kappa shape index (κ1) is 46.1. The molecule has 0 saturated heterocycles. The maximum atomic E-state index is 11.9. The molecule has 1 aromatic rings. The van der Waals surface area contributed by atoms with E-state index in [9.17, 15) is 24.0 Å². The van der Waals surface area contributed by atoms with Gasteiger partial charge in [0.2, 0.25) is 24.3 Å². The van der Waals surface area contributed by atoms with E-state index in [1.54, 1.807) is 13.0 Å². The SMILES string of the molecule is C.C.C=C(C)COOCCOC(=O)NCCOC(=O)C(CCCCN=C=O)N=C=O.CN=C=O.Cc1ccccc1N=C=O. The number of aryl methyl sites for hydroxylation is 1. The number of isocyanates is 4. The fourth-order valence-corrected chi connectivity index (χ4v) is 2.43. The highest BCUT2D eigenvalue weighted by Gasteiger charge is 2.18. The van der Waals surface area contributed by atoms with Gasteiger partial charge in [-0.2, -0.15) is 9.98 Å². The molecule has 0 aromatic heterocycles. The number of hydrogen-bond donors (Lipinski definition) is 1.